The molecule has 0 aliphatic rings. The molecule has 0 saturated carbocycles. The molecule has 0 radical (unpaired) electrons. The van der Waals surface area contributed by atoms with Crippen LogP contribution in [0.3, 0.4) is 0 Å². The van der Waals surface area contributed by atoms with E-state index < -0.39 is 0 Å². The van der Waals surface area contributed by atoms with Gasteiger partial charge in [-0.05, 0) is 28.0 Å². The summed E-state index contributed by atoms with van der Waals surface area (Å²) >= 11 is 5.88. The van der Waals surface area contributed by atoms with Gasteiger partial charge in [-0.25, -0.2) is 0 Å². The third-order valence-corrected chi connectivity index (χ3v) is 5.22. The number of ether oxygens (including phenoxy) is 2. The molecule has 0 bridgehead atoms. The second-order valence-electron chi connectivity index (χ2n) is 3.64. The van der Waals surface area contributed by atoms with Crippen LogP contribution in [0.5, 0.6) is 11.5 Å². The Morgan fingerprint density at radius 1 is 1.21 bits per heavy atom. The Kier molecular flexibility index (Phi) is 4.68. The highest BCUT2D eigenvalue weighted by molar-refractivity contribution is 7.70. The van der Waals surface area contributed by atoms with Crippen LogP contribution in [0.1, 0.15) is 5.56 Å². The first-order valence-electron chi connectivity index (χ1n) is 5.39. The third kappa shape index (κ3) is 3.20. The smallest absolute Gasteiger partial charge is 0.263 e. The molecule has 1 aromatic carbocycles. The van der Waals surface area contributed by atoms with Gasteiger partial charge in [0.1, 0.15) is 10.0 Å². The Morgan fingerprint density at radius 2 is 1.95 bits per heavy atom. The van der Waals surface area contributed by atoms with Crippen LogP contribution in [0.25, 0.3) is 0 Å². The van der Waals surface area contributed by atoms with Gasteiger partial charge >= 0.3 is 0 Å². The number of nitrogens with one attached hydrogen (secondary N) is 1. The van der Waals surface area contributed by atoms with Gasteiger partial charge < -0.3 is 14.8 Å². The van der Waals surface area contributed by atoms with Crippen molar-refractivity contribution in [1.29, 1.82) is 0 Å². The first-order valence-corrected chi connectivity index (χ1v) is 7.92. The highest BCUT2D eigenvalue weighted by atomic mass is 35.5. The van der Waals surface area contributed by atoms with Crippen LogP contribution >= 0.6 is 32.3 Å². The Balaban J connectivity index is 2.11. The van der Waals surface area contributed by atoms with Crippen LogP contribution in [0, 0.1) is 0 Å². The molecule has 0 saturated heterocycles. The number of anilines is 1. The van der Waals surface area contributed by atoms with Crippen molar-refractivity contribution in [3.8, 4) is 11.5 Å². The number of benzene rings is 1. The quantitative estimate of drug-likeness (QED) is 0.858. The molecule has 0 atom stereocenters. The van der Waals surface area contributed by atoms with Crippen molar-refractivity contribution in [1.82, 2.24) is 0 Å². The molecule has 4 nitrogen and oxygen atoms in total. The normalized spacial score (nSPS) is 10.3. The van der Waals surface area contributed by atoms with Crippen LogP contribution < -0.4 is 19.5 Å². The second kappa shape index (κ2) is 6.27. The Morgan fingerprint density at radius 3 is 2.53 bits per heavy atom. The molecule has 0 amide bonds. The molecule has 2 aromatic rings. The lowest BCUT2D eigenvalue weighted by Crippen LogP contribution is -2.01. The summed E-state index contributed by atoms with van der Waals surface area (Å²) in [4.78, 5) is 11.3. The van der Waals surface area contributed by atoms with Crippen molar-refractivity contribution in [3.63, 3.8) is 0 Å². The summed E-state index contributed by atoms with van der Waals surface area (Å²) in [6, 6.07) is 5.65. The molecule has 1 aromatic heterocycles. The lowest BCUT2D eigenvalue weighted by molar-refractivity contribution is 0.354. The first kappa shape index (κ1) is 14.2. The molecule has 0 spiro atoms. The van der Waals surface area contributed by atoms with E-state index in [1.807, 2.05) is 18.2 Å². The van der Waals surface area contributed by atoms with Crippen LogP contribution in [-0.2, 0) is 6.54 Å². The van der Waals surface area contributed by atoms with Crippen molar-refractivity contribution in [2.75, 3.05) is 19.5 Å². The van der Waals surface area contributed by atoms with E-state index >= 15 is 0 Å². The van der Waals surface area contributed by atoms with E-state index in [1.54, 1.807) is 14.2 Å². The van der Waals surface area contributed by atoms with E-state index in [4.69, 9.17) is 21.1 Å². The van der Waals surface area contributed by atoms with E-state index in [0.717, 1.165) is 15.9 Å². The molecular formula is C12H12ClNO3S2. The highest BCUT2D eigenvalue weighted by Crippen LogP contribution is 2.30. The van der Waals surface area contributed by atoms with E-state index in [-0.39, 0.29) is 9.77 Å². The summed E-state index contributed by atoms with van der Waals surface area (Å²) in [6.45, 7) is 0.562. The zero-order valence-electron chi connectivity index (χ0n) is 10.4. The fraction of sp³-hybridized carbons (Fsp3) is 0.250. The number of hydrogen-bond donors (Lipinski definition) is 1. The van der Waals surface area contributed by atoms with Crippen molar-refractivity contribution >= 4 is 37.3 Å². The Hall–Kier alpha value is -1.24. The fourth-order valence-corrected chi connectivity index (χ4v) is 3.95. The van der Waals surface area contributed by atoms with Gasteiger partial charge in [-0.3, -0.25) is 4.79 Å². The van der Waals surface area contributed by atoms with E-state index in [0.29, 0.717) is 23.0 Å². The predicted molar refractivity (Wildman–Crippen MR) is 80.3 cm³/mol. The zero-order valence-corrected chi connectivity index (χ0v) is 12.7. The van der Waals surface area contributed by atoms with Crippen LogP contribution in [0.4, 0.5) is 5.00 Å². The maximum atomic E-state index is 11.3. The van der Waals surface area contributed by atoms with Crippen LogP contribution in [0.15, 0.2) is 23.0 Å². The van der Waals surface area contributed by atoms with Crippen LogP contribution in [-0.4, -0.2) is 14.2 Å². The van der Waals surface area contributed by atoms with E-state index in [1.165, 1.54) is 10.3 Å². The van der Waals surface area contributed by atoms with Crippen molar-refractivity contribution in [2.24, 2.45) is 0 Å². The molecular weight excluding hydrogens is 306 g/mol. The number of rotatable bonds is 5. The van der Waals surface area contributed by atoms with E-state index in [9.17, 15) is 4.79 Å². The summed E-state index contributed by atoms with van der Waals surface area (Å²) in [7, 11) is 5.66. The Bertz CT molecular complexity index is 624. The van der Waals surface area contributed by atoms with Gasteiger partial charge in [0.25, 0.3) is 4.74 Å². The molecule has 0 aliphatic carbocycles. The minimum absolute atomic E-state index is 0.110. The standard InChI is InChI=1S/C12H12ClNO3S2/c1-16-8-4-3-7(5-9(8)17-2)6-14-11-10(13)12(15)19-18-11/h3-5,14H,6H2,1-2H3. The third-order valence-electron chi connectivity index (χ3n) is 2.48. The topological polar surface area (TPSA) is 47.6 Å². The molecule has 2 rings (SSSR count). The summed E-state index contributed by atoms with van der Waals surface area (Å²) in [5.41, 5.74) is 1.01. The van der Waals surface area contributed by atoms with Gasteiger partial charge in [0.05, 0.1) is 14.2 Å². The maximum Gasteiger partial charge on any atom is 0.263 e. The van der Waals surface area contributed by atoms with Crippen molar-refractivity contribution in [2.45, 2.75) is 6.54 Å². The first-order chi connectivity index (χ1) is 9.15. The average molecular weight is 318 g/mol. The predicted octanol–water partition coefficient (Wildman–Crippen LogP) is 3.45. The molecule has 1 heterocycles. The van der Waals surface area contributed by atoms with Gasteiger partial charge in [0, 0.05) is 6.54 Å². The van der Waals surface area contributed by atoms with Gasteiger partial charge in [-0.2, -0.15) is 0 Å². The summed E-state index contributed by atoms with van der Waals surface area (Å²) in [5, 5.41) is 4.10. The summed E-state index contributed by atoms with van der Waals surface area (Å²) in [6.07, 6.45) is 0. The Labute approximate surface area is 122 Å². The van der Waals surface area contributed by atoms with E-state index in [2.05, 4.69) is 5.32 Å². The van der Waals surface area contributed by atoms with Crippen molar-refractivity contribution < 1.29 is 9.47 Å². The highest BCUT2D eigenvalue weighted by Gasteiger charge is 2.09. The summed E-state index contributed by atoms with van der Waals surface area (Å²) in [5.74, 6) is 1.36. The molecule has 0 fully saturated rings. The molecule has 102 valence electrons. The SMILES string of the molecule is COc1ccc(CNc2ssc(=O)c2Cl)cc1OC. The lowest BCUT2D eigenvalue weighted by Gasteiger charge is -2.10. The van der Waals surface area contributed by atoms with Gasteiger partial charge in [-0.15, -0.1) is 0 Å². The number of hydrogen-bond acceptors (Lipinski definition) is 6. The minimum atomic E-state index is -0.110. The average Bonchev–Trinajstić information content (AvgIpc) is 2.76. The molecule has 0 aliphatic heterocycles. The second-order valence-corrected chi connectivity index (χ2v) is 6.13. The fourth-order valence-electron chi connectivity index (χ4n) is 1.53. The molecule has 0 unspecified atom stereocenters. The van der Waals surface area contributed by atoms with Crippen LogP contribution in [0.2, 0.25) is 5.02 Å². The largest absolute Gasteiger partial charge is 0.493 e. The molecule has 19 heavy (non-hydrogen) atoms. The van der Waals surface area contributed by atoms with Gasteiger partial charge in [0.15, 0.2) is 11.5 Å². The number of methoxy groups -OCH3 is 2. The van der Waals surface area contributed by atoms with Crippen molar-refractivity contribution in [3.05, 3.63) is 38.3 Å². The summed E-state index contributed by atoms with van der Waals surface area (Å²) < 4.78 is 10.3. The van der Waals surface area contributed by atoms with Gasteiger partial charge in [0.2, 0.25) is 0 Å². The van der Waals surface area contributed by atoms with Gasteiger partial charge in [-0.1, -0.05) is 28.0 Å². The monoisotopic (exact) mass is 317 g/mol. The lowest BCUT2D eigenvalue weighted by atomic mass is 10.2. The number of halogens is 1. The molecule has 7 heteroatoms. The molecule has 1 N–H and O–H groups in total. The minimum Gasteiger partial charge on any atom is -0.493 e. The zero-order chi connectivity index (χ0) is 13.8. The maximum absolute atomic E-state index is 11.3.